The van der Waals surface area contributed by atoms with Gasteiger partial charge in [-0.25, -0.2) is 0 Å². The molecule has 30 heavy (non-hydrogen) atoms. The van der Waals surface area contributed by atoms with E-state index in [9.17, 15) is 13.6 Å². The van der Waals surface area contributed by atoms with Crippen molar-refractivity contribution in [1.82, 2.24) is 10.2 Å². The summed E-state index contributed by atoms with van der Waals surface area (Å²) in [7, 11) is 0. The first kappa shape index (κ1) is 19.4. The lowest BCUT2D eigenvalue weighted by Gasteiger charge is -2.12. The number of halogens is 2. The Morgan fingerprint density at radius 1 is 1.03 bits per heavy atom. The molecule has 0 aliphatic heterocycles. The average Bonchev–Trinajstić information content (AvgIpc) is 3.15. The second-order valence-electron chi connectivity index (χ2n) is 6.37. The van der Waals surface area contributed by atoms with Crippen LogP contribution in [0, 0.1) is 0 Å². The third kappa shape index (κ3) is 4.38. The molecule has 0 bridgehead atoms. The Morgan fingerprint density at radius 2 is 1.80 bits per heavy atom. The first-order valence-electron chi connectivity index (χ1n) is 9.10. The van der Waals surface area contributed by atoms with E-state index in [1.165, 1.54) is 6.07 Å². The normalized spacial score (nSPS) is 10.9. The van der Waals surface area contributed by atoms with E-state index in [0.717, 1.165) is 0 Å². The second-order valence-corrected chi connectivity index (χ2v) is 6.37. The molecule has 0 saturated heterocycles. The molecular weight excluding hydrogens is 392 g/mol. The largest absolute Gasteiger partial charge is 0.489 e. The van der Waals surface area contributed by atoms with Crippen LogP contribution in [0.1, 0.15) is 15.9 Å². The second kappa shape index (κ2) is 8.60. The summed E-state index contributed by atoms with van der Waals surface area (Å²) in [5.74, 6) is 0.637. The minimum Gasteiger partial charge on any atom is -0.489 e. The van der Waals surface area contributed by atoms with Gasteiger partial charge in [-0.05, 0) is 36.4 Å². The fourth-order valence-electron chi connectivity index (χ4n) is 2.94. The van der Waals surface area contributed by atoms with Crippen LogP contribution in [0.3, 0.4) is 0 Å². The van der Waals surface area contributed by atoms with Gasteiger partial charge in [0, 0.05) is 16.5 Å². The van der Waals surface area contributed by atoms with Crippen LogP contribution in [0.15, 0.2) is 72.8 Å². The van der Waals surface area contributed by atoms with Gasteiger partial charge in [0.1, 0.15) is 18.1 Å². The number of nitrogens with one attached hydrogen (secondary N) is 2. The van der Waals surface area contributed by atoms with E-state index in [0.29, 0.717) is 33.6 Å². The summed E-state index contributed by atoms with van der Waals surface area (Å²) >= 11 is 0. The Labute approximate surface area is 170 Å². The van der Waals surface area contributed by atoms with E-state index >= 15 is 0 Å². The van der Waals surface area contributed by atoms with Gasteiger partial charge >= 0.3 is 6.61 Å². The number of hydrogen-bond donors (Lipinski definition) is 2. The van der Waals surface area contributed by atoms with Gasteiger partial charge in [-0.15, -0.1) is 0 Å². The van der Waals surface area contributed by atoms with E-state index in [1.807, 2.05) is 6.07 Å². The van der Waals surface area contributed by atoms with Crippen molar-refractivity contribution in [3.05, 3.63) is 83.9 Å². The molecule has 4 aromatic rings. The Morgan fingerprint density at radius 3 is 2.60 bits per heavy atom. The minimum absolute atomic E-state index is 0.0396. The fourth-order valence-corrected chi connectivity index (χ4v) is 2.94. The standard InChI is InChI=1S/C22H17F2N3O3/c23-22(24)30-19-9-5-4-8-15(19)13-29-16-10-11-18-17(12-16)20(27-26-18)25-21(28)14-6-2-1-3-7-14/h1-12,22H,13H2,(H2,25,26,27,28). The number of hydrogen-bond acceptors (Lipinski definition) is 4. The molecule has 0 aliphatic carbocycles. The molecule has 1 heterocycles. The van der Waals surface area contributed by atoms with Crippen molar-refractivity contribution in [3.8, 4) is 11.5 Å². The quantitative estimate of drug-likeness (QED) is 0.451. The molecule has 0 aliphatic rings. The average molecular weight is 409 g/mol. The number of aromatic amines is 1. The number of fused-ring (bicyclic) bond motifs is 1. The highest BCUT2D eigenvalue weighted by atomic mass is 19.3. The summed E-state index contributed by atoms with van der Waals surface area (Å²) in [4.78, 5) is 12.4. The number of ether oxygens (including phenoxy) is 2. The summed E-state index contributed by atoms with van der Waals surface area (Å²) in [6, 6.07) is 20.4. The SMILES string of the molecule is O=C(Nc1n[nH]c2ccc(OCc3ccccc3OC(F)F)cc12)c1ccccc1. The highest BCUT2D eigenvalue weighted by Gasteiger charge is 2.13. The number of H-pyrrole nitrogens is 1. The summed E-state index contributed by atoms with van der Waals surface area (Å²) in [5.41, 5.74) is 1.71. The lowest BCUT2D eigenvalue weighted by atomic mass is 10.2. The van der Waals surface area contributed by atoms with Crippen LogP contribution in [0.25, 0.3) is 10.9 Å². The number of carbonyl (C=O) groups excluding carboxylic acids is 1. The third-order valence-corrected chi connectivity index (χ3v) is 4.39. The number of anilines is 1. The number of amides is 1. The lowest BCUT2D eigenvalue weighted by Crippen LogP contribution is -2.12. The molecule has 1 amide bonds. The minimum atomic E-state index is -2.91. The summed E-state index contributed by atoms with van der Waals surface area (Å²) in [6.45, 7) is -2.87. The Kier molecular flexibility index (Phi) is 5.56. The third-order valence-electron chi connectivity index (χ3n) is 4.39. The van der Waals surface area contributed by atoms with Gasteiger partial charge < -0.3 is 14.8 Å². The van der Waals surface area contributed by atoms with Crippen LogP contribution in [-0.4, -0.2) is 22.7 Å². The van der Waals surface area contributed by atoms with Crippen LogP contribution in [0.4, 0.5) is 14.6 Å². The molecule has 0 atom stereocenters. The van der Waals surface area contributed by atoms with Crippen molar-refractivity contribution in [3.63, 3.8) is 0 Å². The summed E-state index contributed by atoms with van der Waals surface area (Å²) < 4.78 is 35.4. The molecule has 6 nitrogen and oxygen atoms in total. The van der Waals surface area contributed by atoms with Crippen molar-refractivity contribution in [1.29, 1.82) is 0 Å². The zero-order chi connectivity index (χ0) is 20.9. The molecule has 3 aromatic carbocycles. The first-order chi connectivity index (χ1) is 14.6. The molecule has 4 rings (SSSR count). The van der Waals surface area contributed by atoms with Crippen LogP contribution >= 0.6 is 0 Å². The van der Waals surface area contributed by atoms with Crippen molar-refractivity contribution in [2.75, 3.05) is 5.32 Å². The van der Waals surface area contributed by atoms with Gasteiger partial charge in [-0.1, -0.05) is 36.4 Å². The highest BCUT2D eigenvalue weighted by Crippen LogP contribution is 2.27. The number of nitrogens with zero attached hydrogens (tertiary/aromatic N) is 1. The van der Waals surface area contributed by atoms with Gasteiger partial charge in [0.05, 0.1) is 5.52 Å². The Bertz CT molecular complexity index is 1160. The molecule has 1 aromatic heterocycles. The predicted octanol–water partition coefficient (Wildman–Crippen LogP) is 5.00. The van der Waals surface area contributed by atoms with Crippen molar-refractivity contribution in [2.45, 2.75) is 13.2 Å². The van der Waals surface area contributed by atoms with Crippen LogP contribution in [0.2, 0.25) is 0 Å². The number of rotatable bonds is 7. The monoisotopic (exact) mass is 409 g/mol. The zero-order valence-corrected chi connectivity index (χ0v) is 15.6. The molecule has 0 fully saturated rings. The first-order valence-corrected chi connectivity index (χ1v) is 9.10. The van der Waals surface area contributed by atoms with Gasteiger partial charge in [0.2, 0.25) is 0 Å². The lowest BCUT2D eigenvalue weighted by molar-refractivity contribution is -0.0508. The van der Waals surface area contributed by atoms with Crippen molar-refractivity contribution < 1.29 is 23.0 Å². The Balaban J connectivity index is 1.51. The maximum atomic E-state index is 12.6. The predicted molar refractivity (Wildman–Crippen MR) is 108 cm³/mol. The molecule has 0 spiro atoms. The highest BCUT2D eigenvalue weighted by molar-refractivity contribution is 6.07. The van der Waals surface area contributed by atoms with Crippen LogP contribution < -0.4 is 14.8 Å². The number of benzene rings is 3. The Hall–Kier alpha value is -3.94. The molecule has 2 N–H and O–H groups in total. The maximum Gasteiger partial charge on any atom is 0.387 e. The van der Waals surface area contributed by atoms with Gasteiger partial charge in [0.25, 0.3) is 5.91 Å². The van der Waals surface area contributed by atoms with E-state index in [1.54, 1.807) is 60.7 Å². The fraction of sp³-hybridized carbons (Fsp3) is 0.0909. The van der Waals surface area contributed by atoms with Crippen molar-refractivity contribution >= 4 is 22.6 Å². The molecule has 0 saturated carbocycles. The molecule has 0 radical (unpaired) electrons. The molecule has 8 heteroatoms. The summed E-state index contributed by atoms with van der Waals surface area (Å²) in [6.07, 6.45) is 0. The smallest absolute Gasteiger partial charge is 0.387 e. The van der Waals surface area contributed by atoms with Crippen molar-refractivity contribution in [2.24, 2.45) is 0 Å². The van der Waals surface area contributed by atoms with Crippen LogP contribution in [0.5, 0.6) is 11.5 Å². The van der Waals surface area contributed by atoms with E-state index in [2.05, 4.69) is 20.3 Å². The molecular formula is C22H17F2N3O3. The van der Waals surface area contributed by atoms with Gasteiger partial charge in [0.15, 0.2) is 5.82 Å². The van der Waals surface area contributed by atoms with Gasteiger partial charge in [-0.2, -0.15) is 13.9 Å². The summed E-state index contributed by atoms with van der Waals surface area (Å²) in [5, 5.41) is 10.4. The van der Waals surface area contributed by atoms with Gasteiger partial charge in [-0.3, -0.25) is 9.89 Å². The molecule has 152 valence electrons. The number of para-hydroxylation sites is 1. The number of alkyl halides is 2. The van der Waals surface area contributed by atoms with E-state index < -0.39 is 6.61 Å². The maximum absolute atomic E-state index is 12.6. The van der Waals surface area contributed by atoms with Crippen LogP contribution in [-0.2, 0) is 6.61 Å². The zero-order valence-electron chi connectivity index (χ0n) is 15.6. The number of aromatic nitrogens is 2. The topological polar surface area (TPSA) is 76.2 Å². The molecule has 0 unspecified atom stereocenters. The van der Waals surface area contributed by atoms with E-state index in [-0.39, 0.29) is 18.3 Å². The number of carbonyl (C=O) groups is 1. The van der Waals surface area contributed by atoms with E-state index in [4.69, 9.17) is 4.74 Å².